The van der Waals surface area contributed by atoms with Gasteiger partial charge >= 0.3 is 6.18 Å². The number of imidazole rings is 1. The summed E-state index contributed by atoms with van der Waals surface area (Å²) >= 11 is 0. The molecule has 0 radical (unpaired) electrons. The fraction of sp³-hybridized carbons (Fsp3) is 0.357. The number of hydrogen-bond acceptors (Lipinski definition) is 2. The lowest BCUT2D eigenvalue weighted by Crippen LogP contribution is -2.14. The standard InChI is InChI=1S/C14H14F3N3/c15-14(16,17)10-4-1-3-9(7-10)12-8-19-13(20-12)11-5-2-6-18-11/h1,3-4,7-8,11,18H,2,5-6H2,(H,19,20)/t11-/m0/s1. The van der Waals surface area contributed by atoms with Crippen molar-refractivity contribution < 1.29 is 13.2 Å². The average molecular weight is 281 g/mol. The predicted octanol–water partition coefficient (Wildman–Crippen LogP) is 3.52. The van der Waals surface area contributed by atoms with Gasteiger partial charge in [-0.3, -0.25) is 0 Å². The number of rotatable bonds is 2. The van der Waals surface area contributed by atoms with E-state index in [9.17, 15) is 13.2 Å². The highest BCUT2D eigenvalue weighted by atomic mass is 19.4. The number of aromatic nitrogens is 2. The van der Waals surface area contributed by atoms with Crippen molar-refractivity contribution in [3.05, 3.63) is 41.9 Å². The van der Waals surface area contributed by atoms with Gasteiger partial charge in [0, 0.05) is 5.56 Å². The number of aromatic amines is 1. The summed E-state index contributed by atoms with van der Waals surface area (Å²) in [5.41, 5.74) is 0.460. The van der Waals surface area contributed by atoms with Crippen molar-refractivity contribution in [1.29, 1.82) is 0 Å². The van der Waals surface area contributed by atoms with E-state index in [4.69, 9.17) is 0 Å². The highest BCUT2D eigenvalue weighted by Crippen LogP contribution is 2.32. The molecule has 6 heteroatoms. The number of hydrogen-bond donors (Lipinski definition) is 2. The summed E-state index contributed by atoms with van der Waals surface area (Å²) in [5, 5.41) is 3.30. The van der Waals surface area contributed by atoms with Crippen molar-refractivity contribution in [1.82, 2.24) is 15.3 Å². The maximum atomic E-state index is 12.7. The molecular weight excluding hydrogens is 267 g/mol. The molecule has 1 saturated heterocycles. The van der Waals surface area contributed by atoms with Gasteiger partial charge in [-0.2, -0.15) is 13.2 Å². The molecule has 3 nitrogen and oxygen atoms in total. The van der Waals surface area contributed by atoms with Gasteiger partial charge in [-0.25, -0.2) is 4.98 Å². The Morgan fingerprint density at radius 2 is 2.10 bits per heavy atom. The second kappa shape index (κ2) is 4.94. The smallest absolute Gasteiger partial charge is 0.341 e. The molecule has 0 amide bonds. The molecular formula is C14H14F3N3. The van der Waals surface area contributed by atoms with Crippen LogP contribution in [0.25, 0.3) is 11.3 Å². The number of H-pyrrole nitrogens is 1. The SMILES string of the molecule is FC(F)(F)c1cccc(-c2cnc([C@@H]3CCCN3)[nH]2)c1. The van der Waals surface area contributed by atoms with E-state index in [1.807, 2.05) is 0 Å². The Bertz CT molecular complexity index is 598. The highest BCUT2D eigenvalue weighted by Gasteiger charge is 2.30. The van der Waals surface area contributed by atoms with E-state index in [0.717, 1.165) is 37.3 Å². The zero-order valence-corrected chi connectivity index (χ0v) is 10.7. The van der Waals surface area contributed by atoms with Crippen LogP contribution >= 0.6 is 0 Å². The zero-order valence-electron chi connectivity index (χ0n) is 10.7. The predicted molar refractivity (Wildman–Crippen MR) is 69.0 cm³/mol. The average Bonchev–Trinajstić information content (AvgIpc) is 3.09. The maximum absolute atomic E-state index is 12.7. The first-order valence-corrected chi connectivity index (χ1v) is 6.50. The van der Waals surface area contributed by atoms with Gasteiger partial charge in [0.05, 0.1) is 23.5 Å². The molecule has 1 atom stereocenters. The molecule has 1 fully saturated rings. The molecule has 0 unspecified atom stereocenters. The first-order valence-electron chi connectivity index (χ1n) is 6.50. The molecule has 2 heterocycles. The van der Waals surface area contributed by atoms with Crippen molar-refractivity contribution in [2.45, 2.75) is 25.1 Å². The van der Waals surface area contributed by atoms with Crippen LogP contribution in [0.2, 0.25) is 0 Å². The van der Waals surface area contributed by atoms with Gasteiger partial charge in [-0.1, -0.05) is 12.1 Å². The molecule has 0 saturated carbocycles. The Labute approximate surface area is 114 Å². The van der Waals surface area contributed by atoms with Crippen molar-refractivity contribution in [2.24, 2.45) is 0 Å². The van der Waals surface area contributed by atoms with Crippen LogP contribution < -0.4 is 5.32 Å². The Morgan fingerprint density at radius 3 is 2.80 bits per heavy atom. The minimum absolute atomic E-state index is 0.176. The molecule has 2 aromatic rings. The van der Waals surface area contributed by atoms with E-state index >= 15 is 0 Å². The Kier molecular flexibility index (Phi) is 3.25. The lowest BCUT2D eigenvalue weighted by molar-refractivity contribution is -0.137. The lowest BCUT2D eigenvalue weighted by Gasteiger charge is -2.08. The van der Waals surface area contributed by atoms with Crippen molar-refractivity contribution in [2.75, 3.05) is 6.54 Å². The van der Waals surface area contributed by atoms with Crippen LogP contribution in [0.5, 0.6) is 0 Å². The number of halogens is 3. The second-order valence-corrected chi connectivity index (χ2v) is 4.91. The third-order valence-corrected chi connectivity index (χ3v) is 3.49. The largest absolute Gasteiger partial charge is 0.416 e. The van der Waals surface area contributed by atoms with Gasteiger partial charge in [0.2, 0.25) is 0 Å². The topological polar surface area (TPSA) is 40.7 Å². The quantitative estimate of drug-likeness (QED) is 0.884. The van der Waals surface area contributed by atoms with Crippen molar-refractivity contribution >= 4 is 0 Å². The van der Waals surface area contributed by atoms with Crippen molar-refractivity contribution in [3.63, 3.8) is 0 Å². The number of nitrogens with zero attached hydrogens (tertiary/aromatic N) is 1. The van der Waals surface area contributed by atoms with Crippen LogP contribution in [0, 0.1) is 0 Å². The van der Waals surface area contributed by atoms with E-state index in [2.05, 4.69) is 15.3 Å². The Hall–Kier alpha value is -1.82. The summed E-state index contributed by atoms with van der Waals surface area (Å²) in [7, 11) is 0. The molecule has 3 rings (SSSR count). The molecule has 1 aromatic heterocycles. The van der Waals surface area contributed by atoms with Crippen LogP contribution in [0.15, 0.2) is 30.5 Å². The summed E-state index contributed by atoms with van der Waals surface area (Å²) in [6, 6.07) is 5.44. The number of alkyl halides is 3. The van der Waals surface area contributed by atoms with E-state index in [0.29, 0.717) is 11.3 Å². The molecule has 106 valence electrons. The van der Waals surface area contributed by atoms with Crippen LogP contribution in [-0.4, -0.2) is 16.5 Å². The van der Waals surface area contributed by atoms with Gasteiger partial charge < -0.3 is 10.3 Å². The molecule has 1 aliphatic heterocycles. The Morgan fingerprint density at radius 1 is 1.25 bits per heavy atom. The molecule has 0 bridgehead atoms. The number of nitrogens with one attached hydrogen (secondary N) is 2. The summed E-state index contributed by atoms with van der Waals surface area (Å²) in [6.45, 7) is 0.949. The van der Waals surface area contributed by atoms with E-state index in [1.165, 1.54) is 6.07 Å². The van der Waals surface area contributed by atoms with Crippen LogP contribution in [0.3, 0.4) is 0 Å². The molecule has 0 spiro atoms. The first kappa shape index (κ1) is 13.2. The van der Waals surface area contributed by atoms with Gasteiger partial charge in [-0.05, 0) is 31.5 Å². The molecule has 0 aliphatic carbocycles. The summed E-state index contributed by atoms with van der Waals surface area (Å²) < 4.78 is 38.1. The van der Waals surface area contributed by atoms with Crippen LogP contribution in [-0.2, 0) is 6.18 Å². The zero-order chi connectivity index (χ0) is 14.2. The van der Waals surface area contributed by atoms with Crippen LogP contribution in [0.1, 0.15) is 30.3 Å². The van der Waals surface area contributed by atoms with Crippen molar-refractivity contribution in [3.8, 4) is 11.3 Å². The first-order chi connectivity index (χ1) is 9.54. The second-order valence-electron chi connectivity index (χ2n) is 4.91. The minimum Gasteiger partial charge on any atom is -0.341 e. The van der Waals surface area contributed by atoms with Gasteiger partial charge in [0.25, 0.3) is 0 Å². The molecule has 1 aliphatic rings. The minimum atomic E-state index is -4.33. The number of benzene rings is 1. The third-order valence-electron chi connectivity index (χ3n) is 3.49. The maximum Gasteiger partial charge on any atom is 0.416 e. The molecule has 1 aromatic carbocycles. The van der Waals surface area contributed by atoms with Gasteiger partial charge in [0.15, 0.2) is 0 Å². The van der Waals surface area contributed by atoms with Crippen LogP contribution in [0.4, 0.5) is 13.2 Å². The molecule has 2 N–H and O–H groups in total. The summed E-state index contributed by atoms with van der Waals surface area (Å²) in [4.78, 5) is 7.38. The van der Waals surface area contributed by atoms with E-state index in [-0.39, 0.29) is 6.04 Å². The highest BCUT2D eigenvalue weighted by molar-refractivity contribution is 5.59. The van der Waals surface area contributed by atoms with Gasteiger partial charge in [-0.15, -0.1) is 0 Å². The summed E-state index contributed by atoms with van der Waals surface area (Å²) in [6.07, 6.45) is -0.656. The Balaban J connectivity index is 1.89. The fourth-order valence-electron chi connectivity index (χ4n) is 2.44. The fourth-order valence-corrected chi connectivity index (χ4v) is 2.44. The normalized spacial score (nSPS) is 19.4. The lowest BCUT2D eigenvalue weighted by atomic mass is 10.1. The molecule has 20 heavy (non-hydrogen) atoms. The summed E-state index contributed by atoms with van der Waals surface area (Å²) in [5.74, 6) is 0.787. The monoisotopic (exact) mass is 281 g/mol. The van der Waals surface area contributed by atoms with E-state index in [1.54, 1.807) is 12.3 Å². The van der Waals surface area contributed by atoms with E-state index < -0.39 is 11.7 Å². The third kappa shape index (κ3) is 2.56. The van der Waals surface area contributed by atoms with Gasteiger partial charge in [0.1, 0.15) is 5.82 Å².